The average molecular weight is 490 g/mol. The highest BCUT2D eigenvalue weighted by Gasteiger charge is 2.10. The summed E-state index contributed by atoms with van der Waals surface area (Å²) in [4.78, 5) is 21.1. The van der Waals surface area contributed by atoms with E-state index in [1.807, 2.05) is 18.2 Å². The molecule has 4 aromatic rings. The summed E-state index contributed by atoms with van der Waals surface area (Å²) >= 11 is 14.9. The number of aromatic nitrogens is 1. The lowest BCUT2D eigenvalue weighted by Gasteiger charge is -2.04. The normalized spacial score (nSPS) is 11.3. The number of benzene rings is 3. The van der Waals surface area contributed by atoms with Crippen molar-refractivity contribution in [2.75, 3.05) is 11.1 Å². The third kappa shape index (κ3) is 5.62. The summed E-state index contributed by atoms with van der Waals surface area (Å²) in [5.74, 6) is -0.623. The number of para-hydroxylation sites is 1. The van der Waals surface area contributed by atoms with Gasteiger partial charge in [-0.15, -0.1) is 11.3 Å². The second-order valence-electron chi connectivity index (χ2n) is 6.37. The van der Waals surface area contributed by atoms with E-state index in [0.717, 1.165) is 25.8 Å². The van der Waals surface area contributed by atoms with Gasteiger partial charge in [-0.3, -0.25) is 9.79 Å². The third-order valence-electron chi connectivity index (χ3n) is 4.14. The molecule has 0 atom stereocenters. The molecule has 0 radical (unpaired) electrons. The molecule has 0 aliphatic carbocycles. The summed E-state index contributed by atoms with van der Waals surface area (Å²) in [6.45, 7) is 0. The maximum Gasteiger partial charge on any atom is 0.234 e. The summed E-state index contributed by atoms with van der Waals surface area (Å²) in [5, 5.41) is 3.67. The van der Waals surface area contributed by atoms with E-state index in [1.165, 1.54) is 35.2 Å². The molecule has 1 amide bonds. The molecule has 3 aromatic carbocycles. The lowest BCUT2D eigenvalue weighted by atomic mass is 10.2. The van der Waals surface area contributed by atoms with Gasteiger partial charge in [0.2, 0.25) is 5.91 Å². The van der Waals surface area contributed by atoms with Crippen LogP contribution in [0.25, 0.3) is 10.2 Å². The molecule has 4 rings (SSSR count). The summed E-state index contributed by atoms with van der Waals surface area (Å²) in [5.41, 5.74) is 2.52. The van der Waals surface area contributed by atoms with E-state index in [2.05, 4.69) is 15.3 Å². The molecule has 4 nitrogen and oxygen atoms in total. The van der Waals surface area contributed by atoms with E-state index in [9.17, 15) is 9.18 Å². The van der Waals surface area contributed by atoms with Gasteiger partial charge in [-0.05, 0) is 42.5 Å². The van der Waals surface area contributed by atoms with Gasteiger partial charge in [0.05, 0.1) is 32.4 Å². The maximum absolute atomic E-state index is 13.6. The van der Waals surface area contributed by atoms with Crippen molar-refractivity contribution in [3.05, 3.63) is 82.1 Å². The van der Waals surface area contributed by atoms with Gasteiger partial charge < -0.3 is 5.32 Å². The number of hydrogen-bond donors (Lipinski definition) is 1. The van der Waals surface area contributed by atoms with Crippen molar-refractivity contribution in [1.29, 1.82) is 0 Å². The van der Waals surface area contributed by atoms with Crippen molar-refractivity contribution in [3.63, 3.8) is 0 Å². The fourth-order valence-electron chi connectivity index (χ4n) is 2.66. The van der Waals surface area contributed by atoms with E-state index in [1.54, 1.807) is 36.5 Å². The highest BCUT2D eigenvalue weighted by atomic mass is 35.5. The van der Waals surface area contributed by atoms with Gasteiger partial charge in [0, 0.05) is 16.8 Å². The van der Waals surface area contributed by atoms with Crippen LogP contribution in [-0.2, 0) is 4.79 Å². The molecule has 0 saturated heterocycles. The number of hydrogen-bond acceptors (Lipinski definition) is 5. The second-order valence-corrected chi connectivity index (χ2v) is 9.47. The van der Waals surface area contributed by atoms with Gasteiger partial charge in [-0.25, -0.2) is 9.37 Å². The van der Waals surface area contributed by atoms with Gasteiger partial charge in [0.25, 0.3) is 0 Å². The van der Waals surface area contributed by atoms with Crippen molar-refractivity contribution < 1.29 is 9.18 Å². The fraction of sp³-hybridized carbons (Fsp3) is 0.0455. The van der Waals surface area contributed by atoms with E-state index in [4.69, 9.17) is 23.2 Å². The first kappa shape index (κ1) is 21.8. The molecule has 0 fully saturated rings. The Morgan fingerprint density at radius 1 is 1.16 bits per heavy atom. The van der Waals surface area contributed by atoms with Crippen LogP contribution < -0.4 is 5.32 Å². The van der Waals surface area contributed by atoms with Crippen LogP contribution >= 0.6 is 46.3 Å². The van der Waals surface area contributed by atoms with E-state index in [-0.39, 0.29) is 17.3 Å². The van der Waals surface area contributed by atoms with Crippen molar-refractivity contribution in [1.82, 2.24) is 4.98 Å². The molecule has 1 N–H and O–H groups in total. The Bertz CT molecular complexity index is 1290. The molecule has 0 bridgehead atoms. The van der Waals surface area contributed by atoms with Gasteiger partial charge >= 0.3 is 0 Å². The minimum atomic E-state index is -0.464. The maximum atomic E-state index is 13.6. The van der Waals surface area contributed by atoms with Gasteiger partial charge in [-0.1, -0.05) is 53.2 Å². The van der Waals surface area contributed by atoms with Crippen LogP contribution in [0.2, 0.25) is 10.0 Å². The number of nitrogens with zero attached hydrogens (tertiary/aromatic N) is 2. The van der Waals surface area contributed by atoms with E-state index >= 15 is 0 Å². The van der Waals surface area contributed by atoms with Crippen molar-refractivity contribution in [2.24, 2.45) is 4.99 Å². The standard InChI is InChI=1S/C22H14Cl2FN3OS2/c23-14-6-5-13(16(24)9-14)11-26-15-7-8-19-20(10-15)31-22(28-19)30-12-21(29)27-18-4-2-1-3-17(18)25/h1-11H,12H2,(H,27,29). The molecule has 0 aliphatic rings. The Morgan fingerprint density at radius 3 is 2.81 bits per heavy atom. The van der Waals surface area contributed by atoms with Gasteiger partial charge in [-0.2, -0.15) is 0 Å². The predicted octanol–water partition coefficient (Wildman–Crippen LogP) is 7.22. The summed E-state index contributed by atoms with van der Waals surface area (Å²) < 4.78 is 15.3. The zero-order valence-corrected chi connectivity index (χ0v) is 19.0. The number of anilines is 1. The summed E-state index contributed by atoms with van der Waals surface area (Å²) in [7, 11) is 0. The van der Waals surface area contributed by atoms with Crippen LogP contribution in [0.4, 0.5) is 15.8 Å². The van der Waals surface area contributed by atoms with E-state index in [0.29, 0.717) is 10.0 Å². The molecule has 1 heterocycles. The Labute approximate surface area is 196 Å². The number of halogens is 3. The quantitative estimate of drug-likeness (QED) is 0.229. The molecule has 0 saturated carbocycles. The average Bonchev–Trinajstić information content (AvgIpc) is 3.15. The van der Waals surface area contributed by atoms with Crippen molar-refractivity contribution >= 4 is 80.0 Å². The van der Waals surface area contributed by atoms with Crippen LogP contribution in [-0.4, -0.2) is 22.9 Å². The highest BCUT2D eigenvalue weighted by Crippen LogP contribution is 2.32. The third-order valence-corrected chi connectivity index (χ3v) is 6.87. The minimum absolute atomic E-state index is 0.133. The number of rotatable bonds is 6. The first-order valence-electron chi connectivity index (χ1n) is 9.05. The van der Waals surface area contributed by atoms with Gasteiger partial charge in [0.1, 0.15) is 5.82 Å². The molecular weight excluding hydrogens is 476 g/mol. The number of aliphatic imine (C=N–C) groups is 1. The van der Waals surface area contributed by atoms with Gasteiger partial charge in [0.15, 0.2) is 4.34 Å². The van der Waals surface area contributed by atoms with Crippen LogP contribution in [0, 0.1) is 5.82 Å². The predicted molar refractivity (Wildman–Crippen MR) is 129 cm³/mol. The zero-order valence-electron chi connectivity index (χ0n) is 15.8. The number of nitrogens with one attached hydrogen (secondary N) is 1. The van der Waals surface area contributed by atoms with Crippen LogP contribution in [0.15, 0.2) is 70.0 Å². The van der Waals surface area contributed by atoms with Crippen molar-refractivity contribution in [2.45, 2.75) is 4.34 Å². The molecule has 0 spiro atoms. The smallest absolute Gasteiger partial charge is 0.234 e. The van der Waals surface area contributed by atoms with Crippen molar-refractivity contribution in [3.8, 4) is 0 Å². The Hall–Kier alpha value is -2.45. The second kappa shape index (κ2) is 9.78. The topological polar surface area (TPSA) is 54.4 Å². The minimum Gasteiger partial charge on any atom is -0.323 e. The van der Waals surface area contributed by atoms with Crippen LogP contribution in [0.1, 0.15) is 5.56 Å². The van der Waals surface area contributed by atoms with Crippen LogP contribution in [0.5, 0.6) is 0 Å². The summed E-state index contributed by atoms with van der Waals surface area (Å²) in [6, 6.07) is 17.0. The van der Waals surface area contributed by atoms with Crippen LogP contribution in [0.3, 0.4) is 0 Å². The number of carbonyl (C=O) groups is 1. The summed E-state index contributed by atoms with van der Waals surface area (Å²) in [6.07, 6.45) is 1.68. The highest BCUT2D eigenvalue weighted by molar-refractivity contribution is 8.01. The SMILES string of the molecule is O=C(CSc1nc2ccc(N=Cc3ccc(Cl)cc3Cl)cc2s1)Nc1ccccc1F. The monoisotopic (exact) mass is 489 g/mol. The lowest BCUT2D eigenvalue weighted by Crippen LogP contribution is -2.14. The number of amides is 1. The Morgan fingerprint density at radius 2 is 2.00 bits per heavy atom. The first-order valence-corrected chi connectivity index (χ1v) is 11.6. The number of carbonyl (C=O) groups excluding carboxylic acids is 1. The zero-order chi connectivity index (χ0) is 21.8. The first-order chi connectivity index (χ1) is 15.0. The fourth-order valence-corrected chi connectivity index (χ4v) is 5.02. The molecular formula is C22H14Cl2FN3OS2. The Kier molecular flexibility index (Phi) is 6.87. The molecule has 0 aliphatic heterocycles. The number of thioether (sulfide) groups is 1. The Balaban J connectivity index is 1.42. The molecule has 1 aromatic heterocycles. The molecule has 156 valence electrons. The molecule has 0 unspecified atom stereocenters. The number of thiazole rings is 1. The largest absolute Gasteiger partial charge is 0.323 e. The number of fused-ring (bicyclic) bond motifs is 1. The molecule has 31 heavy (non-hydrogen) atoms. The molecule has 9 heteroatoms. The van der Waals surface area contributed by atoms with E-state index < -0.39 is 5.82 Å². The lowest BCUT2D eigenvalue weighted by molar-refractivity contribution is -0.113.